The van der Waals surface area contributed by atoms with Crippen LogP contribution < -0.4 is 5.32 Å². The molecule has 1 amide bonds. The molecule has 12 atom stereocenters. The second-order valence-corrected chi connectivity index (χ2v) is 26.4. The summed E-state index contributed by atoms with van der Waals surface area (Å²) in [5.74, 6) is -0.196. The Morgan fingerprint density at radius 2 is 0.671 bits per heavy atom. The SMILES string of the molecule is CCCCCCCCCCCCCCCCCCCCCCCCCCCCC(O)C(COC1OC(CO)C(OC2OC(CO)C(O)C(O)C2O)C(O)C1O)NC(=O)CCCCCCCCCCCCCCCCCCCCCCCCCCC. The number of carbonyl (C=O) groups is 1. The molecule has 0 bridgehead atoms. The molecule has 2 heterocycles. The highest BCUT2D eigenvalue weighted by atomic mass is 16.7. The molecule has 14 nitrogen and oxygen atoms in total. The maximum Gasteiger partial charge on any atom is 0.220 e. The van der Waals surface area contributed by atoms with Gasteiger partial charge in [-0.3, -0.25) is 4.79 Å². The van der Waals surface area contributed by atoms with Crippen LogP contribution in [0.2, 0.25) is 0 Å². The number of aliphatic hydroxyl groups excluding tert-OH is 8. The molecular formula is C71H139NO13. The van der Waals surface area contributed by atoms with E-state index in [2.05, 4.69) is 19.2 Å². The first kappa shape index (κ1) is 80.1. The molecule has 0 aromatic carbocycles. The normalized spacial score (nSPS) is 23.4. The van der Waals surface area contributed by atoms with E-state index in [1.165, 1.54) is 276 Å². The van der Waals surface area contributed by atoms with Crippen molar-refractivity contribution >= 4 is 5.91 Å². The molecule has 2 rings (SSSR count). The summed E-state index contributed by atoms with van der Waals surface area (Å²) in [6.07, 6.45) is 51.2. The zero-order valence-electron chi connectivity index (χ0n) is 55.1. The van der Waals surface area contributed by atoms with Crippen LogP contribution in [0.5, 0.6) is 0 Å². The number of rotatable bonds is 62. The third kappa shape index (κ3) is 41.2. The van der Waals surface area contributed by atoms with Crippen LogP contribution in [0.1, 0.15) is 354 Å². The highest BCUT2D eigenvalue weighted by Crippen LogP contribution is 2.30. The lowest BCUT2D eigenvalue weighted by molar-refractivity contribution is -0.359. The summed E-state index contributed by atoms with van der Waals surface area (Å²) in [6.45, 7) is 2.94. The number of nitrogens with one attached hydrogen (secondary N) is 1. The van der Waals surface area contributed by atoms with Gasteiger partial charge in [0.1, 0.15) is 48.8 Å². The van der Waals surface area contributed by atoms with Gasteiger partial charge in [-0.15, -0.1) is 0 Å². The minimum atomic E-state index is -1.78. The lowest BCUT2D eigenvalue weighted by atomic mass is 9.97. The summed E-state index contributed by atoms with van der Waals surface area (Å²) < 4.78 is 23.0. The van der Waals surface area contributed by atoms with Crippen LogP contribution in [0, 0.1) is 0 Å². The summed E-state index contributed by atoms with van der Waals surface area (Å²) in [5.41, 5.74) is 0. The molecule has 12 unspecified atom stereocenters. The Labute approximate surface area is 521 Å². The summed E-state index contributed by atoms with van der Waals surface area (Å²) in [4.78, 5) is 13.4. The molecule has 0 spiro atoms. The van der Waals surface area contributed by atoms with Crippen LogP contribution in [0.4, 0.5) is 0 Å². The van der Waals surface area contributed by atoms with Gasteiger partial charge in [0.25, 0.3) is 0 Å². The Morgan fingerprint density at radius 3 is 1.00 bits per heavy atom. The van der Waals surface area contributed by atoms with E-state index < -0.39 is 86.8 Å². The predicted octanol–water partition coefficient (Wildman–Crippen LogP) is 15.2. The Bertz CT molecular complexity index is 1430. The number of hydrogen-bond donors (Lipinski definition) is 9. The molecule has 9 N–H and O–H groups in total. The molecule has 2 fully saturated rings. The van der Waals surface area contributed by atoms with E-state index in [0.717, 1.165) is 51.4 Å². The molecule has 2 aliphatic rings. The van der Waals surface area contributed by atoms with E-state index >= 15 is 0 Å². The van der Waals surface area contributed by atoms with Crippen molar-refractivity contribution in [1.29, 1.82) is 0 Å². The zero-order valence-corrected chi connectivity index (χ0v) is 55.1. The molecular weight excluding hydrogens is 1070 g/mol. The third-order valence-corrected chi connectivity index (χ3v) is 18.6. The van der Waals surface area contributed by atoms with E-state index in [4.69, 9.17) is 18.9 Å². The van der Waals surface area contributed by atoms with Crippen molar-refractivity contribution in [3.8, 4) is 0 Å². The van der Waals surface area contributed by atoms with Crippen molar-refractivity contribution in [2.45, 2.75) is 428 Å². The minimum Gasteiger partial charge on any atom is -0.394 e. The van der Waals surface area contributed by atoms with Crippen LogP contribution in [0.15, 0.2) is 0 Å². The number of amides is 1. The minimum absolute atomic E-state index is 0.196. The first-order valence-electron chi connectivity index (χ1n) is 36.8. The quantitative estimate of drug-likeness (QED) is 0.0259. The third-order valence-electron chi connectivity index (χ3n) is 18.6. The van der Waals surface area contributed by atoms with E-state index in [1.807, 2.05) is 0 Å². The first-order valence-corrected chi connectivity index (χ1v) is 36.8. The highest BCUT2D eigenvalue weighted by molar-refractivity contribution is 5.76. The highest BCUT2D eigenvalue weighted by Gasteiger charge is 2.51. The molecule has 0 saturated carbocycles. The number of unbranched alkanes of at least 4 members (excludes halogenated alkanes) is 49. The molecule has 0 aliphatic carbocycles. The van der Waals surface area contributed by atoms with Gasteiger partial charge in [0.2, 0.25) is 5.91 Å². The Balaban J connectivity index is 1.65. The van der Waals surface area contributed by atoms with Gasteiger partial charge in [-0.05, 0) is 12.8 Å². The zero-order chi connectivity index (χ0) is 61.6. The Morgan fingerprint density at radius 1 is 0.376 bits per heavy atom. The molecule has 0 aromatic rings. The van der Waals surface area contributed by atoms with Crippen LogP contribution in [0.25, 0.3) is 0 Å². The van der Waals surface area contributed by atoms with E-state index in [9.17, 15) is 45.6 Å². The maximum atomic E-state index is 13.4. The van der Waals surface area contributed by atoms with E-state index in [0.29, 0.717) is 12.8 Å². The Hall–Kier alpha value is -1.01. The smallest absolute Gasteiger partial charge is 0.220 e. The fourth-order valence-electron chi connectivity index (χ4n) is 12.7. The van der Waals surface area contributed by atoms with Gasteiger partial charge in [-0.1, -0.05) is 335 Å². The summed E-state index contributed by atoms with van der Waals surface area (Å²) in [6, 6.07) is -0.825. The van der Waals surface area contributed by atoms with Crippen molar-refractivity contribution < 1.29 is 64.6 Å². The van der Waals surface area contributed by atoms with Gasteiger partial charge < -0.3 is 65.1 Å². The number of hydrogen-bond acceptors (Lipinski definition) is 13. The topological polar surface area (TPSA) is 228 Å². The summed E-state index contributed by atoms with van der Waals surface area (Å²) >= 11 is 0. The molecule has 2 saturated heterocycles. The van der Waals surface area contributed by atoms with Crippen LogP contribution in [0.3, 0.4) is 0 Å². The molecule has 0 aromatic heterocycles. The number of aliphatic hydroxyl groups is 8. The average Bonchev–Trinajstić information content (AvgIpc) is 3.52. The number of carbonyl (C=O) groups excluding carboxylic acids is 1. The molecule has 506 valence electrons. The van der Waals surface area contributed by atoms with Crippen molar-refractivity contribution in [2.24, 2.45) is 0 Å². The second kappa shape index (κ2) is 56.9. The second-order valence-electron chi connectivity index (χ2n) is 26.4. The fourth-order valence-corrected chi connectivity index (χ4v) is 12.7. The number of ether oxygens (including phenoxy) is 4. The van der Waals surface area contributed by atoms with Gasteiger partial charge in [0.15, 0.2) is 12.6 Å². The van der Waals surface area contributed by atoms with Gasteiger partial charge in [-0.2, -0.15) is 0 Å². The molecule has 85 heavy (non-hydrogen) atoms. The van der Waals surface area contributed by atoms with Gasteiger partial charge in [0.05, 0.1) is 32.0 Å². The van der Waals surface area contributed by atoms with Crippen molar-refractivity contribution in [2.75, 3.05) is 19.8 Å². The lowest BCUT2D eigenvalue weighted by Crippen LogP contribution is -2.65. The molecule has 14 heteroatoms. The largest absolute Gasteiger partial charge is 0.394 e. The maximum absolute atomic E-state index is 13.4. The summed E-state index contributed by atoms with van der Waals surface area (Å²) in [5, 5.41) is 87.7. The van der Waals surface area contributed by atoms with Crippen molar-refractivity contribution in [1.82, 2.24) is 5.32 Å². The fraction of sp³-hybridized carbons (Fsp3) is 0.986. The van der Waals surface area contributed by atoms with E-state index in [-0.39, 0.29) is 12.5 Å². The average molecular weight is 1210 g/mol. The predicted molar refractivity (Wildman–Crippen MR) is 346 cm³/mol. The lowest BCUT2D eigenvalue weighted by Gasteiger charge is -2.46. The van der Waals surface area contributed by atoms with Gasteiger partial charge in [0, 0.05) is 6.42 Å². The standard InChI is InChI=1S/C71H139NO13/c1-3-5-7-9-11-13-15-17-19-21-23-25-27-29-31-32-34-36-38-40-42-44-46-48-50-52-54-60(75)59(58-82-70-68(81)66(79)69(62(57-74)84-70)85-71-67(80)65(78)64(77)61(56-73)83-71)72-63(76)55-53-51-49-47-45-43-41-39-37-35-33-30-28-26-24-22-20-18-16-14-12-10-8-6-4-2/h59-62,64-71,73-75,77-81H,3-58H2,1-2H3,(H,72,76). The first-order chi connectivity index (χ1) is 41.6. The van der Waals surface area contributed by atoms with Gasteiger partial charge >= 0.3 is 0 Å². The summed E-state index contributed by atoms with van der Waals surface area (Å²) in [7, 11) is 0. The van der Waals surface area contributed by atoms with Crippen LogP contribution >= 0.6 is 0 Å². The van der Waals surface area contributed by atoms with Gasteiger partial charge in [-0.25, -0.2) is 0 Å². The molecule has 0 radical (unpaired) electrons. The van der Waals surface area contributed by atoms with Crippen molar-refractivity contribution in [3.63, 3.8) is 0 Å². The van der Waals surface area contributed by atoms with Crippen molar-refractivity contribution in [3.05, 3.63) is 0 Å². The van der Waals surface area contributed by atoms with Crippen LogP contribution in [-0.2, 0) is 23.7 Å². The van der Waals surface area contributed by atoms with Crippen LogP contribution in [-0.4, -0.2) is 140 Å². The Kier molecular flexibility index (Phi) is 53.6. The van der Waals surface area contributed by atoms with E-state index in [1.54, 1.807) is 0 Å². The monoisotopic (exact) mass is 1210 g/mol. The molecule has 2 aliphatic heterocycles.